The van der Waals surface area contributed by atoms with Gasteiger partial charge in [0, 0.05) is 30.1 Å². The van der Waals surface area contributed by atoms with E-state index in [1.165, 1.54) is 0 Å². The molecule has 3 aliphatic rings. The maximum atomic E-state index is 13.6. The second-order valence-corrected chi connectivity index (χ2v) is 9.52. The minimum atomic E-state index is -0.945. The molecule has 3 atom stereocenters. The van der Waals surface area contributed by atoms with Crippen molar-refractivity contribution in [2.75, 3.05) is 4.90 Å². The highest BCUT2D eigenvalue weighted by molar-refractivity contribution is 5.97. The van der Waals surface area contributed by atoms with E-state index in [0.29, 0.717) is 6.42 Å². The summed E-state index contributed by atoms with van der Waals surface area (Å²) in [6.07, 6.45) is 5.08. The number of para-hydroxylation sites is 1. The predicted molar refractivity (Wildman–Crippen MR) is 125 cm³/mol. The van der Waals surface area contributed by atoms with Crippen LogP contribution in [0.4, 0.5) is 5.69 Å². The molecule has 2 aromatic rings. The van der Waals surface area contributed by atoms with E-state index >= 15 is 0 Å². The number of amides is 2. The fraction of sp³-hybridized carbons (Fsp3) is 0.444. The summed E-state index contributed by atoms with van der Waals surface area (Å²) < 4.78 is 0. The van der Waals surface area contributed by atoms with Gasteiger partial charge < -0.3 is 14.9 Å². The molecular formula is C27H30N2O4. The number of hydrogen-bond donors (Lipinski definition) is 1. The van der Waals surface area contributed by atoms with Gasteiger partial charge in [-0.2, -0.15) is 0 Å². The van der Waals surface area contributed by atoms with E-state index < -0.39 is 5.97 Å². The zero-order valence-electron chi connectivity index (χ0n) is 18.7. The molecule has 0 spiro atoms. The Morgan fingerprint density at radius 1 is 0.909 bits per heavy atom. The monoisotopic (exact) mass is 446 g/mol. The van der Waals surface area contributed by atoms with Crippen LogP contribution in [0.1, 0.15) is 62.1 Å². The largest absolute Gasteiger partial charge is 0.481 e. The first-order valence-electron chi connectivity index (χ1n) is 12.0. The van der Waals surface area contributed by atoms with Crippen molar-refractivity contribution in [2.24, 2.45) is 5.92 Å². The Morgan fingerprint density at radius 3 is 2.36 bits per heavy atom. The summed E-state index contributed by atoms with van der Waals surface area (Å²) >= 11 is 0. The van der Waals surface area contributed by atoms with E-state index in [4.69, 9.17) is 5.11 Å². The molecule has 2 amide bonds. The third-order valence-electron chi connectivity index (χ3n) is 7.33. The highest BCUT2D eigenvalue weighted by atomic mass is 16.4. The Morgan fingerprint density at radius 2 is 1.64 bits per heavy atom. The van der Waals surface area contributed by atoms with Crippen LogP contribution < -0.4 is 4.90 Å². The van der Waals surface area contributed by atoms with Crippen molar-refractivity contribution in [3.8, 4) is 0 Å². The molecule has 33 heavy (non-hydrogen) atoms. The van der Waals surface area contributed by atoms with Gasteiger partial charge in [0.15, 0.2) is 0 Å². The van der Waals surface area contributed by atoms with Crippen molar-refractivity contribution in [3.05, 3.63) is 65.7 Å². The number of rotatable bonds is 7. The van der Waals surface area contributed by atoms with Crippen molar-refractivity contribution in [1.82, 2.24) is 4.90 Å². The standard InChI is InChI=1S/C27H30N2O4/c30-24(15-16-26(32)33)28(19-13-14-19)27-20-9-4-5-11-22(20)29(23-12-6-10-21(23)27)25(31)17-18-7-2-1-3-8-18/h1-5,7-9,11,19,21,23,27H,6,10,12-17H2,(H,32,33)/t21-,23+,27-/m0/s1. The van der Waals surface area contributed by atoms with Crippen molar-refractivity contribution in [3.63, 3.8) is 0 Å². The maximum Gasteiger partial charge on any atom is 0.303 e. The van der Waals surface area contributed by atoms with Gasteiger partial charge in [0.1, 0.15) is 0 Å². The molecule has 172 valence electrons. The molecule has 0 saturated heterocycles. The summed E-state index contributed by atoms with van der Waals surface area (Å²) in [5, 5.41) is 9.12. The number of carboxylic acid groups (broad SMARTS) is 1. The molecule has 0 bridgehead atoms. The molecule has 1 N–H and O–H groups in total. The van der Waals surface area contributed by atoms with Crippen LogP contribution in [0.3, 0.4) is 0 Å². The zero-order valence-corrected chi connectivity index (χ0v) is 18.7. The van der Waals surface area contributed by atoms with Crippen LogP contribution in [-0.4, -0.2) is 39.9 Å². The fourth-order valence-corrected chi connectivity index (χ4v) is 5.84. The lowest BCUT2D eigenvalue weighted by Gasteiger charge is -2.48. The molecular weight excluding hydrogens is 416 g/mol. The lowest BCUT2D eigenvalue weighted by atomic mass is 9.81. The van der Waals surface area contributed by atoms with Gasteiger partial charge in [-0.3, -0.25) is 14.4 Å². The van der Waals surface area contributed by atoms with Gasteiger partial charge in [0.25, 0.3) is 0 Å². The predicted octanol–water partition coefficient (Wildman–Crippen LogP) is 4.34. The normalized spacial score (nSPS) is 23.5. The topological polar surface area (TPSA) is 77.9 Å². The molecule has 2 fully saturated rings. The average Bonchev–Trinajstić information content (AvgIpc) is 3.53. The number of fused-ring (bicyclic) bond motifs is 2. The van der Waals surface area contributed by atoms with Gasteiger partial charge in [-0.15, -0.1) is 0 Å². The van der Waals surface area contributed by atoms with Gasteiger partial charge in [-0.1, -0.05) is 55.0 Å². The summed E-state index contributed by atoms with van der Waals surface area (Å²) in [5.74, 6) is -0.748. The van der Waals surface area contributed by atoms with Crippen molar-refractivity contribution < 1.29 is 19.5 Å². The molecule has 0 radical (unpaired) electrons. The van der Waals surface area contributed by atoms with Crippen molar-refractivity contribution >= 4 is 23.5 Å². The van der Waals surface area contributed by atoms with E-state index in [9.17, 15) is 14.4 Å². The smallest absolute Gasteiger partial charge is 0.303 e. The number of benzene rings is 2. The number of carbonyl (C=O) groups excluding carboxylic acids is 2. The highest BCUT2D eigenvalue weighted by Crippen LogP contribution is 2.52. The van der Waals surface area contributed by atoms with E-state index in [1.807, 2.05) is 58.3 Å². The Labute approximate surface area is 194 Å². The maximum absolute atomic E-state index is 13.6. The Balaban J connectivity index is 1.51. The van der Waals surface area contributed by atoms with E-state index in [2.05, 4.69) is 6.07 Å². The minimum Gasteiger partial charge on any atom is -0.481 e. The first-order chi connectivity index (χ1) is 16.0. The molecule has 2 aromatic carbocycles. The molecule has 5 rings (SSSR count). The molecule has 6 heteroatoms. The summed E-state index contributed by atoms with van der Waals surface area (Å²) in [4.78, 5) is 42.0. The number of nitrogens with zero attached hydrogens (tertiary/aromatic N) is 2. The second-order valence-electron chi connectivity index (χ2n) is 9.52. The minimum absolute atomic E-state index is 0.0263. The van der Waals surface area contributed by atoms with E-state index in [0.717, 1.165) is 48.9 Å². The highest BCUT2D eigenvalue weighted by Gasteiger charge is 2.51. The molecule has 0 unspecified atom stereocenters. The quantitative estimate of drug-likeness (QED) is 0.686. The molecule has 1 aliphatic heterocycles. The number of anilines is 1. The average molecular weight is 447 g/mol. The molecule has 2 saturated carbocycles. The Bertz CT molecular complexity index is 1050. The van der Waals surface area contributed by atoms with E-state index in [1.54, 1.807) is 0 Å². The summed E-state index contributed by atoms with van der Waals surface area (Å²) in [5.41, 5.74) is 2.93. The fourth-order valence-electron chi connectivity index (χ4n) is 5.84. The second kappa shape index (κ2) is 9.00. The van der Waals surface area contributed by atoms with Crippen molar-refractivity contribution in [2.45, 2.75) is 69.5 Å². The van der Waals surface area contributed by atoms with Gasteiger partial charge in [0.2, 0.25) is 11.8 Å². The summed E-state index contributed by atoms with van der Waals surface area (Å²) in [7, 11) is 0. The Kier molecular flexibility index (Phi) is 5.92. The first-order valence-corrected chi connectivity index (χ1v) is 12.0. The summed E-state index contributed by atoms with van der Waals surface area (Å²) in [6, 6.07) is 18.0. The number of hydrogen-bond acceptors (Lipinski definition) is 3. The SMILES string of the molecule is O=C(O)CCC(=O)N(C1CC1)[C@H]1c2ccccc2N(C(=O)Cc2ccccc2)[C@@H]2CCC[C@@H]21. The molecule has 2 aliphatic carbocycles. The number of carboxylic acids is 1. The van der Waals surface area contributed by atoms with Crippen LogP contribution in [0.2, 0.25) is 0 Å². The van der Waals surface area contributed by atoms with Crippen LogP contribution in [-0.2, 0) is 20.8 Å². The van der Waals surface area contributed by atoms with Crippen molar-refractivity contribution in [1.29, 1.82) is 0 Å². The lowest BCUT2D eigenvalue weighted by Crippen LogP contribution is -2.53. The molecule has 0 aromatic heterocycles. The molecule has 6 nitrogen and oxygen atoms in total. The van der Waals surface area contributed by atoms with Crippen LogP contribution in [0.15, 0.2) is 54.6 Å². The number of aliphatic carboxylic acids is 1. The third kappa shape index (κ3) is 4.26. The van der Waals surface area contributed by atoms with Gasteiger partial charge in [0.05, 0.1) is 18.9 Å². The summed E-state index contributed by atoms with van der Waals surface area (Å²) in [6.45, 7) is 0. The van der Waals surface area contributed by atoms with Crippen LogP contribution in [0.25, 0.3) is 0 Å². The molecule has 1 heterocycles. The van der Waals surface area contributed by atoms with Crippen LogP contribution in [0, 0.1) is 5.92 Å². The third-order valence-corrected chi connectivity index (χ3v) is 7.33. The zero-order chi connectivity index (χ0) is 22.9. The van der Waals surface area contributed by atoms with Crippen LogP contribution >= 0.6 is 0 Å². The van der Waals surface area contributed by atoms with Gasteiger partial charge in [-0.05, 0) is 42.9 Å². The van der Waals surface area contributed by atoms with Crippen LogP contribution in [0.5, 0.6) is 0 Å². The number of carbonyl (C=O) groups is 3. The van der Waals surface area contributed by atoms with E-state index in [-0.39, 0.29) is 48.7 Å². The lowest BCUT2D eigenvalue weighted by molar-refractivity contribution is -0.142. The van der Waals surface area contributed by atoms with Gasteiger partial charge in [-0.25, -0.2) is 0 Å². The Hall–Kier alpha value is -3.15. The van der Waals surface area contributed by atoms with Gasteiger partial charge >= 0.3 is 5.97 Å². The first kappa shape index (κ1) is 21.7.